The number of fused-ring (bicyclic) bond motifs is 2. The number of hydrogen-bond acceptors (Lipinski definition) is 10. The highest BCUT2D eigenvalue weighted by atomic mass is 79.9. The number of rotatable bonds is 6. The van der Waals surface area contributed by atoms with E-state index >= 15 is 0 Å². The first kappa shape index (κ1) is 35.1. The van der Waals surface area contributed by atoms with Crippen molar-refractivity contribution in [2.75, 3.05) is 16.9 Å². The minimum absolute atomic E-state index is 0.0263. The van der Waals surface area contributed by atoms with Crippen molar-refractivity contribution in [3.63, 3.8) is 0 Å². The summed E-state index contributed by atoms with van der Waals surface area (Å²) in [6.45, 7) is 3.25. The smallest absolute Gasteiger partial charge is 0.147 e. The molecule has 0 bridgehead atoms. The predicted molar refractivity (Wildman–Crippen MR) is 200 cm³/mol. The maximum Gasteiger partial charge on any atom is 0.147 e. The summed E-state index contributed by atoms with van der Waals surface area (Å²) >= 11 is 3.39. The zero-order valence-electron chi connectivity index (χ0n) is 27.4. The van der Waals surface area contributed by atoms with Crippen LogP contribution >= 0.6 is 15.9 Å². The Bertz CT molecular complexity index is 2550. The molecular weight excluding hydrogens is 740 g/mol. The molecule has 0 saturated carbocycles. The van der Waals surface area contributed by atoms with Crippen molar-refractivity contribution in [3.8, 4) is 11.5 Å². The van der Waals surface area contributed by atoms with Crippen LogP contribution in [0.4, 0.5) is 37.5 Å². The molecule has 10 nitrogen and oxygen atoms in total. The Morgan fingerprint density at radius 2 is 1.20 bits per heavy atom. The first-order valence-corrected chi connectivity index (χ1v) is 18.0. The van der Waals surface area contributed by atoms with Gasteiger partial charge in [0.15, 0.2) is 0 Å². The topological polar surface area (TPSA) is 146 Å². The Morgan fingerprint density at radius 1 is 0.686 bits per heavy atom. The summed E-state index contributed by atoms with van der Waals surface area (Å²) in [5, 5.41) is 26.8. The quantitative estimate of drug-likeness (QED) is 0.130. The molecule has 0 amide bonds. The van der Waals surface area contributed by atoms with Crippen LogP contribution < -0.4 is 10.6 Å². The molecule has 14 heteroatoms. The number of anilines is 4. The van der Waals surface area contributed by atoms with Gasteiger partial charge in [-0.05, 0) is 85.6 Å². The lowest BCUT2D eigenvalue weighted by Gasteiger charge is -2.11. The van der Waals surface area contributed by atoms with E-state index in [9.17, 15) is 23.2 Å². The second-order valence-corrected chi connectivity index (χ2v) is 14.7. The Balaban J connectivity index is 0.000000187. The van der Waals surface area contributed by atoms with E-state index in [2.05, 4.69) is 50.9 Å². The van der Waals surface area contributed by atoms with Crippen LogP contribution in [0.25, 0.3) is 21.8 Å². The lowest BCUT2D eigenvalue weighted by molar-refractivity contribution is 0.469. The normalized spacial score (nSPS) is 12.1. The van der Waals surface area contributed by atoms with Gasteiger partial charge in [0.2, 0.25) is 0 Å². The van der Waals surface area contributed by atoms with E-state index in [1.807, 2.05) is 36.4 Å². The standard InChI is InChI=1S/C22H19FN4O2S.C15H11BrFN3O/c1-14-10-18(23)20(12-21(14)28)26-22-17-11-15(8-9-19(17)24-13-25-22)27-30(2,29)16-6-4-3-5-7-16;1-8-4-11(17)13(6-14(8)21)20-15-10-5-9(16)2-3-12(10)18-7-19-15/h3-13,28H,1-2H3,(H,24,25,26);2-7,21H,1H3,(H,18,19,20)/t30-;/m1./s1. The van der Waals surface area contributed by atoms with Crippen LogP contribution in [0, 0.1) is 25.5 Å². The maximum absolute atomic E-state index is 14.3. The average Bonchev–Trinajstić information content (AvgIpc) is 3.10. The van der Waals surface area contributed by atoms with Crippen LogP contribution in [0.3, 0.4) is 0 Å². The molecule has 5 aromatic carbocycles. The minimum Gasteiger partial charge on any atom is -0.508 e. The number of phenolic OH excluding ortho intramolecular Hbond substituents is 2. The van der Waals surface area contributed by atoms with Crippen molar-refractivity contribution < 1.29 is 23.2 Å². The van der Waals surface area contributed by atoms with Gasteiger partial charge in [0, 0.05) is 38.5 Å². The van der Waals surface area contributed by atoms with Crippen molar-refractivity contribution in [2.45, 2.75) is 18.7 Å². The molecule has 7 rings (SSSR count). The van der Waals surface area contributed by atoms with E-state index in [1.54, 1.807) is 50.4 Å². The molecule has 0 spiro atoms. The lowest BCUT2D eigenvalue weighted by Crippen LogP contribution is -1.99. The molecular formula is C37H30BrF2N7O3S. The lowest BCUT2D eigenvalue weighted by atomic mass is 10.1. The fourth-order valence-corrected chi connectivity index (χ4v) is 6.67. The van der Waals surface area contributed by atoms with Crippen LogP contribution in [0.1, 0.15) is 11.1 Å². The zero-order chi connectivity index (χ0) is 36.3. The summed E-state index contributed by atoms with van der Waals surface area (Å²) in [5.41, 5.74) is 3.02. The highest BCUT2D eigenvalue weighted by Gasteiger charge is 2.13. The summed E-state index contributed by atoms with van der Waals surface area (Å²) in [7, 11) is -2.65. The Hall–Kier alpha value is -5.73. The van der Waals surface area contributed by atoms with Crippen molar-refractivity contribution in [2.24, 2.45) is 4.36 Å². The number of halogens is 3. The number of aromatic hydroxyl groups is 2. The maximum atomic E-state index is 14.3. The fourth-order valence-electron chi connectivity index (χ4n) is 5.03. The third-order valence-electron chi connectivity index (χ3n) is 7.75. The molecule has 7 aromatic rings. The van der Waals surface area contributed by atoms with E-state index < -0.39 is 21.4 Å². The van der Waals surface area contributed by atoms with Gasteiger partial charge in [0.05, 0.1) is 37.8 Å². The fraction of sp³-hybridized carbons (Fsp3) is 0.0811. The van der Waals surface area contributed by atoms with Crippen molar-refractivity contribution in [1.82, 2.24) is 19.9 Å². The van der Waals surface area contributed by atoms with E-state index in [4.69, 9.17) is 0 Å². The second kappa shape index (κ2) is 14.6. The first-order chi connectivity index (χ1) is 24.4. The number of benzene rings is 5. The number of hydrogen-bond donors (Lipinski definition) is 4. The first-order valence-electron chi connectivity index (χ1n) is 15.3. The minimum atomic E-state index is -2.65. The van der Waals surface area contributed by atoms with Gasteiger partial charge >= 0.3 is 0 Å². The van der Waals surface area contributed by atoms with E-state index in [0.29, 0.717) is 44.2 Å². The predicted octanol–water partition coefficient (Wildman–Crippen LogP) is 9.60. The Labute approximate surface area is 300 Å². The molecule has 0 aliphatic heterocycles. The van der Waals surface area contributed by atoms with Crippen LogP contribution in [-0.2, 0) is 9.73 Å². The third-order valence-corrected chi connectivity index (χ3v) is 9.95. The molecule has 258 valence electrons. The van der Waals surface area contributed by atoms with Gasteiger partial charge in [-0.1, -0.05) is 34.1 Å². The number of nitrogens with zero attached hydrogens (tertiary/aromatic N) is 5. The average molecular weight is 771 g/mol. The van der Waals surface area contributed by atoms with Crippen LogP contribution in [-0.4, -0.2) is 40.6 Å². The number of nitrogens with one attached hydrogen (secondary N) is 2. The molecule has 2 aromatic heterocycles. The highest BCUT2D eigenvalue weighted by Crippen LogP contribution is 2.33. The molecule has 2 heterocycles. The molecule has 0 aliphatic rings. The summed E-state index contributed by atoms with van der Waals surface area (Å²) in [6.07, 6.45) is 4.35. The van der Waals surface area contributed by atoms with E-state index in [-0.39, 0.29) is 22.9 Å². The van der Waals surface area contributed by atoms with Crippen LogP contribution in [0.5, 0.6) is 11.5 Å². The van der Waals surface area contributed by atoms with Gasteiger partial charge in [-0.3, -0.25) is 0 Å². The number of aromatic nitrogens is 4. The summed E-state index contributed by atoms with van der Waals surface area (Å²) in [4.78, 5) is 17.4. The second-order valence-electron chi connectivity index (χ2n) is 11.5. The summed E-state index contributed by atoms with van der Waals surface area (Å²) in [6, 6.07) is 24.9. The summed E-state index contributed by atoms with van der Waals surface area (Å²) in [5.74, 6) is -0.143. The Morgan fingerprint density at radius 3 is 1.75 bits per heavy atom. The van der Waals surface area contributed by atoms with Gasteiger partial charge in [0.25, 0.3) is 0 Å². The number of phenols is 2. The van der Waals surface area contributed by atoms with Crippen LogP contribution in [0.15, 0.2) is 117 Å². The molecule has 4 N–H and O–H groups in total. The van der Waals surface area contributed by atoms with Crippen LogP contribution in [0.2, 0.25) is 0 Å². The van der Waals surface area contributed by atoms with E-state index in [0.717, 1.165) is 15.4 Å². The molecule has 1 atom stereocenters. The highest BCUT2D eigenvalue weighted by molar-refractivity contribution is 9.10. The van der Waals surface area contributed by atoms with Gasteiger partial charge in [-0.2, -0.15) is 4.36 Å². The third kappa shape index (κ3) is 8.03. The summed E-state index contributed by atoms with van der Waals surface area (Å²) < 4.78 is 46.7. The van der Waals surface area contributed by atoms with Crippen molar-refractivity contribution in [3.05, 3.63) is 131 Å². The SMILES string of the molecule is Cc1cc(F)c(Nc2ncnc3ccc(Br)cc23)cc1O.Cc1cc(F)c(Nc2ncnc3ccc(N=[S@](C)(=O)c4ccccc4)cc23)cc1O. The Kier molecular flexibility index (Phi) is 10.1. The largest absolute Gasteiger partial charge is 0.508 e. The van der Waals surface area contributed by atoms with E-state index in [1.165, 1.54) is 36.9 Å². The molecule has 0 fully saturated rings. The molecule has 51 heavy (non-hydrogen) atoms. The van der Waals surface area contributed by atoms with Gasteiger partial charge in [0.1, 0.15) is 47.4 Å². The van der Waals surface area contributed by atoms with Crippen molar-refractivity contribution in [1.29, 1.82) is 0 Å². The zero-order valence-corrected chi connectivity index (χ0v) is 29.8. The van der Waals surface area contributed by atoms with Crippen molar-refractivity contribution >= 4 is 76.2 Å². The van der Waals surface area contributed by atoms with Gasteiger partial charge in [-0.15, -0.1) is 0 Å². The molecule has 0 unspecified atom stereocenters. The molecule has 0 aliphatic carbocycles. The molecule has 0 radical (unpaired) electrons. The monoisotopic (exact) mass is 769 g/mol. The molecule has 0 saturated heterocycles. The number of aryl methyl sites for hydroxylation is 2. The van der Waals surface area contributed by atoms with Gasteiger partial charge in [-0.25, -0.2) is 32.9 Å². The van der Waals surface area contributed by atoms with Gasteiger partial charge < -0.3 is 20.8 Å².